The van der Waals surface area contributed by atoms with Crippen LogP contribution in [0.25, 0.3) is 10.1 Å². The summed E-state index contributed by atoms with van der Waals surface area (Å²) in [4.78, 5) is 12.8. The number of benzene rings is 1. The number of anilines is 1. The Hall–Kier alpha value is -1.76. The average molecular weight is 288 g/mol. The predicted molar refractivity (Wildman–Crippen MR) is 69.3 cm³/mol. The van der Waals surface area contributed by atoms with Gasteiger partial charge in [0.05, 0.1) is 4.88 Å². The molecule has 0 aliphatic carbocycles. The third-order valence-corrected chi connectivity index (χ3v) is 3.62. The molecule has 0 saturated carbocycles. The lowest BCUT2D eigenvalue weighted by atomic mass is 10.2. The van der Waals surface area contributed by atoms with Crippen LogP contribution in [0.4, 0.5) is 18.9 Å². The number of hydrogen-bond donors (Lipinski definition) is 1. The van der Waals surface area contributed by atoms with Gasteiger partial charge in [-0.15, -0.1) is 11.3 Å². The second kappa shape index (κ2) is 4.73. The van der Waals surface area contributed by atoms with Crippen LogP contribution in [0, 0.1) is 0 Å². The molecule has 7 heteroatoms. The highest BCUT2D eigenvalue weighted by Gasteiger charge is 2.31. The van der Waals surface area contributed by atoms with Gasteiger partial charge < -0.3 is 10.6 Å². The molecular weight excluding hydrogens is 277 g/mol. The van der Waals surface area contributed by atoms with E-state index in [2.05, 4.69) is 0 Å². The molecule has 3 nitrogen and oxygen atoms in total. The number of alkyl halides is 3. The Morgan fingerprint density at radius 3 is 2.68 bits per heavy atom. The Labute approximate surface area is 111 Å². The standard InChI is InChI=1S/C12H11F3N2OS/c1-17(6-12(13,14)15)11(18)10-5-7-4-8(16)2-3-9(7)19-10/h2-5H,6,16H2,1H3. The summed E-state index contributed by atoms with van der Waals surface area (Å²) in [6, 6.07) is 6.68. The molecule has 0 unspecified atom stereocenters. The maximum Gasteiger partial charge on any atom is 0.406 e. The van der Waals surface area contributed by atoms with Crippen LogP contribution >= 0.6 is 11.3 Å². The van der Waals surface area contributed by atoms with Gasteiger partial charge in [0, 0.05) is 17.4 Å². The van der Waals surface area contributed by atoms with E-state index in [1.807, 2.05) is 0 Å². The minimum atomic E-state index is -4.40. The molecule has 0 aliphatic heterocycles. The summed E-state index contributed by atoms with van der Waals surface area (Å²) < 4.78 is 37.5. The van der Waals surface area contributed by atoms with Crippen molar-refractivity contribution in [2.75, 3.05) is 19.3 Å². The van der Waals surface area contributed by atoms with Gasteiger partial charge in [0.25, 0.3) is 5.91 Å². The first-order valence-electron chi connectivity index (χ1n) is 5.37. The molecule has 1 aromatic heterocycles. The van der Waals surface area contributed by atoms with E-state index in [4.69, 9.17) is 5.73 Å². The summed E-state index contributed by atoms with van der Waals surface area (Å²) in [5.74, 6) is -0.642. The summed E-state index contributed by atoms with van der Waals surface area (Å²) in [6.07, 6.45) is -4.40. The number of rotatable bonds is 2. The Bertz CT molecular complexity index is 621. The third-order valence-electron chi connectivity index (χ3n) is 2.51. The predicted octanol–water partition coefficient (Wildman–Crippen LogP) is 3.12. The molecule has 0 spiro atoms. The fourth-order valence-corrected chi connectivity index (χ4v) is 2.73. The van der Waals surface area contributed by atoms with Gasteiger partial charge in [-0.25, -0.2) is 0 Å². The normalized spacial score (nSPS) is 11.8. The van der Waals surface area contributed by atoms with Crippen LogP contribution in [0.15, 0.2) is 24.3 Å². The van der Waals surface area contributed by atoms with Gasteiger partial charge in [-0.05, 0) is 29.7 Å². The van der Waals surface area contributed by atoms with Crippen molar-refractivity contribution >= 4 is 33.0 Å². The smallest absolute Gasteiger partial charge is 0.399 e. The molecule has 0 bridgehead atoms. The molecule has 102 valence electrons. The number of nitrogens with two attached hydrogens (primary N) is 1. The van der Waals surface area contributed by atoms with E-state index < -0.39 is 18.6 Å². The van der Waals surface area contributed by atoms with E-state index >= 15 is 0 Å². The number of nitrogens with zero attached hydrogens (tertiary/aromatic N) is 1. The van der Waals surface area contributed by atoms with Crippen molar-refractivity contribution in [1.82, 2.24) is 4.90 Å². The van der Waals surface area contributed by atoms with Crippen molar-refractivity contribution in [3.05, 3.63) is 29.1 Å². The van der Waals surface area contributed by atoms with E-state index in [9.17, 15) is 18.0 Å². The average Bonchev–Trinajstić information content (AvgIpc) is 2.68. The zero-order chi connectivity index (χ0) is 14.2. The molecule has 1 aromatic carbocycles. The lowest BCUT2D eigenvalue weighted by molar-refractivity contribution is -0.138. The summed E-state index contributed by atoms with van der Waals surface area (Å²) in [6.45, 7) is -1.26. The van der Waals surface area contributed by atoms with E-state index in [0.29, 0.717) is 10.6 Å². The minimum Gasteiger partial charge on any atom is -0.399 e. The molecule has 0 saturated heterocycles. The van der Waals surface area contributed by atoms with E-state index in [1.54, 1.807) is 24.3 Å². The van der Waals surface area contributed by atoms with Gasteiger partial charge in [0.2, 0.25) is 0 Å². The molecule has 1 heterocycles. The zero-order valence-corrected chi connectivity index (χ0v) is 10.8. The van der Waals surface area contributed by atoms with E-state index in [1.165, 1.54) is 0 Å². The summed E-state index contributed by atoms with van der Waals surface area (Å²) in [5.41, 5.74) is 6.16. The molecule has 1 amide bonds. The van der Waals surface area contributed by atoms with Crippen molar-refractivity contribution in [1.29, 1.82) is 0 Å². The highest BCUT2D eigenvalue weighted by molar-refractivity contribution is 7.20. The summed E-state index contributed by atoms with van der Waals surface area (Å²) in [5, 5.41) is 0.758. The van der Waals surface area contributed by atoms with E-state index in [0.717, 1.165) is 28.5 Å². The second-order valence-corrected chi connectivity index (χ2v) is 5.27. The second-order valence-electron chi connectivity index (χ2n) is 4.18. The first kappa shape index (κ1) is 13.7. The number of hydrogen-bond acceptors (Lipinski definition) is 3. The van der Waals surface area contributed by atoms with Crippen LogP contribution in [0.5, 0.6) is 0 Å². The third kappa shape index (κ3) is 3.17. The number of thiophene rings is 1. The number of halogens is 3. The van der Waals surface area contributed by atoms with Gasteiger partial charge in [0.1, 0.15) is 6.54 Å². The van der Waals surface area contributed by atoms with Crippen molar-refractivity contribution in [3.8, 4) is 0 Å². The van der Waals surface area contributed by atoms with Gasteiger partial charge in [-0.1, -0.05) is 0 Å². The Morgan fingerprint density at radius 2 is 2.05 bits per heavy atom. The number of carbonyl (C=O) groups excluding carboxylic acids is 1. The number of fused-ring (bicyclic) bond motifs is 1. The lowest BCUT2D eigenvalue weighted by Crippen LogP contribution is -2.35. The maximum absolute atomic E-state index is 12.2. The van der Waals surface area contributed by atoms with Gasteiger partial charge in [0.15, 0.2) is 0 Å². The van der Waals surface area contributed by atoms with E-state index in [-0.39, 0.29) is 4.88 Å². The summed E-state index contributed by atoms with van der Waals surface area (Å²) in [7, 11) is 1.13. The summed E-state index contributed by atoms with van der Waals surface area (Å²) >= 11 is 1.15. The molecule has 2 N–H and O–H groups in total. The Balaban J connectivity index is 2.26. The fourth-order valence-electron chi connectivity index (χ4n) is 1.70. The highest BCUT2D eigenvalue weighted by Crippen LogP contribution is 2.28. The molecular formula is C12H11F3N2OS. The van der Waals surface area contributed by atoms with Crippen LogP contribution in [0.1, 0.15) is 9.67 Å². The van der Waals surface area contributed by atoms with Gasteiger partial charge in [-0.3, -0.25) is 4.79 Å². The van der Waals surface area contributed by atoms with Crippen LogP contribution < -0.4 is 5.73 Å². The van der Waals surface area contributed by atoms with Crippen molar-refractivity contribution in [2.24, 2.45) is 0 Å². The van der Waals surface area contributed by atoms with Crippen molar-refractivity contribution in [2.45, 2.75) is 6.18 Å². The van der Waals surface area contributed by atoms with Gasteiger partial charge >= 0.3 is 6.18 Å². The number of carbonyl (C=O) groups is 1. The number of nitrogen functional groups attached to an aromatic ring is 1. The molecule has 0 radical (unpaired) electrons. The minimum absolute atomic E-state index is 0.271. The topological polar surface area (TPSA) is 46.3 Å². The number of amides is 1. The molecule has 0 atom stereocenters. The molecule has 2 aromatic rings. The lowest BCUT2D eigenvalue weighted by Gasteiger charge is -2.17. The fraction of sp³-hybridized carbons (Fsp3) is 0.250. The monoisotopic (exact) mass is 288 g/mol. The zero-order valence-electron chi connectivity index (χ0n) is 9.99. The van der Waals surface area contributed by atoms with Crippen LogP contribution in [-0.2, 0) is 0 Å². The highest BCUT2D eigenvalue weighted by atomic mass is 32.1. The Kier molecular flexibility index (Phi) is 3.40. The SMILES string of the molecule is CN(CC(F)(F)F)C(=O)c1cc2cc(N)ccc2s1. The van der Waals surface area contributed by atoms with Crippen molar-refractivity contribution < 1.29 is 18.0 Å². The molecule has 2 rings (SSSR count). The molecule has 19 heavy (non-hydrogen) atoms. The first-order valence-corrected chi connectivity index (χ1v) is 6.19. The first-order chi connectivity index (χ1) is 8.76. The quantitative estimate of drug-likeness (QED) is 0.863. The van der Waals surface area contributed by atoms with Crippen LogP contribution in [0.2, 0.25) is 0 Å². The van der Waals surface area contributed by atoms with Crippen molar-refractivity contribution in [3.63, 3.8) is 0 Å². The molecule has 0 fully saturated rings. The van der Waals surface area contributed by atoms with Gasteiger partial charge in [-0.2, -0.15) is 13.2 Å². The van der Waals surface area contributed by atoms with Crippen LogP contribution in [0.3, 0.4) is 0 Å². The Morgan fingerprint density at radius 1 is 1.37 bits per heavy atom. The molecule has 0 aliphatic rings. The largest absolute Gasteiger partial charge is 0.406 e. The maximum atomic E-state index is 12.2. The van der Waals surface area contributed by atoms with Crippen LogP contribution in [-0.4, -0.2) is 30.6 Å².